The minimum absolute atomic E-state index is 0. The molecule has 1 N–H and O–H groups in total. The smallest absolute Gasteiger partial charge is 0.726 e. The molecule has 1 saturated heterocycles. The summed E-state index contributed by atoms with van der Waals surface area (Å²) in [6.45, 7) is -0.0539. The minimum Gasteiger partial charge on any atom is -0.726 e. The van der Waals surface area contributed by atoms with E-state index in [-0.39, 0.29) is 72.5 Å². The first kappa shape index (κ1) is 28.3. The van der Waals surface area contributed by atoms with Gasteiger partial charge in [0.25, 0.3) is 5.91 Å². The number of thiocarbonyl (C=S) groups is 1. The zero-order valence-electron chi connectivity index (χ0n) is 19.4. The molecule has 0 aromatic heterocycles. The van der Waals surface area contributed by atoms with Crippen molar-refractivity contribution in [3.8, 4) is 5.75 Å². The van der Waals surface area contributed by atoms with Crippen LogP contribution >= 0.6 is 12.2 Å². The summed E-state index contributed by atoms with van der Waals surface area (Å²) in [5.74, 6) is 0.632. The number of ether oxygens (including phenoxy) is 1. The summed E-state index contributed by atoms with van der Waals surface area (Å²) >= 11 is 5.52. The van der Waals surface area contributed by atoms with Crippen molar-refractivity contribution in [2.75, 3.05) is 36.1 Å². The van der Waals surface area contributed by atoms with Crippen LogP contribution in [0.15, 0.2) is 78.3 Å². The van der Waals surface area contributed by atoms with E-state index in [0.717, 1.165) is 5.69 Å². The molecule has 2 heterocycles. The number of rotatable bonds is 9. The van der Waals surface area contributed by atoms with Crippen LogP contribution in [0.5, 0.6) is 5.75 Å². The van der Waals surface area contributed by atoms with Crippen molar-refractivity contribution in [2.24, 2.45) is 0 Å². The van der Waals surface area contributed by atoms with Gasteiger partial charge in [-0.3, -0.25) is 13.9 Å². The molecule has 184 valence electrons. The Labute approximate surface area is 236 Å². The summed E-state index contributed by atoms with van der Waals surface area (Å²) in [7, 11) is -4.77. The van der Waals surface area contributed by atoms with E-state index in [1.807, 2.05) is 24.3 Å². The Hall–Kier alpha value is -2.29. The van der Waals surface area contributed by atoms with Gasteiger partial charge in [0.2, 0.25) is 16.3 Å². The molecule has 0 spiro atoms. The summed E-state index contributed by atoms with van der Waals surface area (Å²) in [6, 6.07) is 16.2. The van der Waals surface area contributed by atoms with Crippen LogP contribution in [0.25, 0.3) is 0 Å². The predicted octanol–water partition coefficient (Wildman–Crippen LogP) is -0.892. The fourth-order valence-corrected chi connectivity index (χ4v) is 4.46. The van der Waals surface area contributed by atoms with Gasteiger partial charge >= 0.3 is 29.6 Å². The van der Waals surface area contributed by atoms with E-state index in [2.05, 4.69) is 4.18 Å². The standard InChI is InChI=1S/C23H23N3O7S2.Na/c27-15-14-25-19(22(28)26(23(25)34)17-7-2-1-3-8-17)11-12-21-24(13-6-16-32-35(29,30)31)18-9-4-5-10-20(18)33-21;/h1-5,7-12,27H,6,13-16H2,(H,29,30,31);/q;+1/p-1/b19-11-,21-12-;. The van der Waals surface area contributed by atoms with Crippen molar-refractivity contribution < 1.29 is 61.3 Å². The third-order valence-corrected chi connectivity index (χ3v) is 6.11. The van der Waals surface area contributed by atoms with Crippen LogP contribution in [0.2, 0.25) is 0 Å². The first-order valence-electron chi connectivity index (χ1n) is 10.7. The van der Waals surface area contributed by atoms with Gasteiger partial charge in [-0.05, 0) is 49.0 Å². The van der Waals surface area contributed by atoms with Gasteiger partial charge in [-0.15, -0.1) is 0 Å². The second kappa shape index (κ2) is 12.3. The molecule has 2 aliphatic heterocycles. The molecule has 36 heavy (non-hydrogen) atoms. The number of nitrogens with zero attached hydrogens (tertiary/aromatic N) is 3. The van der Waals surface area contributed by atoms with Gasteiger partial charge in [0.15, 0.2) is 10.9 Å². The molecule has 2 aromatic carbocycles. The van der Waals surface area contributed by atoms with Crippen molar-refractivity contribution in [3.63, 3.8) is 0 Å². The normalized spacial score (nSPS) is 17.6. The number of benzene rings is 2. The van der Waals surface area contributed by atoms with E-state index in [9.17, 15) is 22.9 Å². The van der Waals surface area contributed by atoms with Gasteiger partial charge < -0.3 is 24.2 Å². The second-order valence-electron chi connectivity index (χ2n) is 7.50. The zero-order chi connectivity index (χ0) is 25.0. The number of aliphatic hydroxyl groups is 1. The Morgan fingerprint density at radius 3 is 2.42 bits per heavy atom. The number of hydrogen-bond acceptors (Lipinski definition) is 9. The van der Waals surface area contributed by atoms with E-state index in [0.29, 0.717) is 23.9 Å². The van der Waals surface area contributed by atoms with Crippen LogP contribution in [-0.4, -0.2) is 60.3 Å². The molecule has 10 nitrogen and oxygen atoms in total. The number of β-amino-alcohol motifs (C(OH)–C–C–N with tert-alkyl or cyclic N) is 1. The fraction of sp³-hybridized carbons (Fsp3) is 0.217. The second-order valence-corrected chi connectivity index (χ2v) is 8.91. The van der Waals surface area contributed by atoms with Crippen LogP contribution in [0.1, 0.15) is 6.42 Å². The van der Waals surface area contributed by atoms with Gasteiger partial charge in [-0.25, -0.2) is 8.42 Å². The van der Waals surface area contributed by atoms with Crippen molar-refractivity contribution in [3.05, 3.63) is 78.3 Å². The minimum atomic E-state index is -4.77. The molecule has 2 aliphatic rings. The largest absolute Gasteiger partial charge is 1.00 e. The Balaban J connectivity index is 0.00000361. The van der Waals surface area contributed by atoms with E-state index in [1.165, 1.54) is 4.90 Å². The molecule has 0 saturated carbocycles. The topological polar surface area (TPSA) is 123 Å². The third-order valence-electron chi connectivity index (χ3n) is 5.25. The molecular weight excluding hydrogens is 517 g/mol. The number of fused-ring (bicyclic) bond motifs is 1. The summed E-state index contributed by atoms with van der Waals surface area (Å²) in [5, 5.41) is 9.79. The van der Waals surface area contributed by atoms with Gasteiger partial charge in [0.05, 0.1) is 24.6 Å². The molecule has 2 aromatic rings. The molecule has 0 aliphatic carbocycles. The number of carbonyl (C=O) groups is 1. The molecule has 1 amide bonds. The van der Waals surface area contributed by atoms with E-state index in [1.54, 1.807) is 52.3 Å². The number of carbonyl (C=O) groups excluding carboxylic acids is 1. The molecule has 0 radical (unpaired) electrons. The maximum atomic E-state index is 13.3. The Kier molecular flexibility index (Phi) is 9.66. The van der Waals surface area contributed by atoms with Crippen molar-refractivity contribution in [1.82, 2.24) is 4.90 Å². The van der Waals surface area contributed by atoms with Gasteiger partial charge in [0, 0.05) is 19.2 Å². The number of para-hydroxylation sites is 3. The number of amides is 1. The Morgan fingerprint density at radius 2 is 1.72 bits per heavy atom. The quantitative estimate of drug-likeness (QED) is 0.107. The summed E-state index contributed by atoms with van der Waals surface area (Å²) in [4.78, 5) is 18.0. The number of anilines is 2. The van der Waals surface area contributed by atoms with Crippen LogP contribution in [0.4, 0.5) is 11.4 Å². The van der Waals surface area contributed by atoms with Crippen LogP contribution < -0.4 is 44.1 Å². The van der Waals surface area contributed by atoms with Gasteiger partial charge in [-0.1, -0.05) is 30.3 Å². The summed E-state index contributed by atoms with van der Waals surface area (Å²) in [5.41, 5.74) is 1.62. The SMILES string of the molecule is O=C1/C(=C/C=C2\Oc3ccccc3N2CCCOS(=O)(=O)[O-])N(CCO)C(=S)N1c1ccccc1.[Na+]. The van der Waals surface area contributed by atoms with Crippen molar-refractivity contribution >= 4 is 45.0 Å². The monoisotopic (exact) mass is 539 g/mol. The average Bonchev–Trinajstić information content (AvgIpc) is 3.29. The predicted molar refractivity (Wildman–Crippen MR) is 131 cm³/mol. The Bertz CT molecular complexity index is 1290. The molecule has 0 bridgehead atoms. The fourth-order valence-electron chi connectivity index (χ4n) is 3.76. The molecule has 4 rings (SSSR count). The summed E-state index contributed by atoms with van der Waals surface area (Å²) in [6.07, 6.45) is 3.41. The number of hydrogen-bond donors (Lipinski definition) is 1. The van der Waals surface area contributed by atoms with Crippen molar-refractivity contribution in [2.45, 2.75) is 6.42 Å². The number of allylic oxidation sites excluding steroid dienone is 2. The van der Waals surface area contributed by atoms with E-state index >= 15 is 0 Å². The summed E-state index contributed by atoms with van der Waals surface area (Å²) < 4.78 is 42.4. The first-order chi connectivity index (χ1) is 16.8. The van der Waals surface area contributed by atoms with E-state index < -0.39 is 10.4 Å². The Morgan fingerprint density at radius 1 is 1.03 bits per heavy atom. The molecule has 1 fully saturated rings. The maximum Gasteiger partial charge on any atom is 1.00 e. The first-order valence-corrected chi connectivity index (χ1v) is 12.4. The van der Waals surface area contributed by atoms with E-state index in [4.69, 9.17) is 17.0 Å². The van der Waals surface area contributed by atoms with Crippen LogP contribution in [0.3, 0.4) is 0 Å². The molecular formula is C23H22N3NaO7S2. The third kappa shape index (κ3) is 6.33. The van der Waals surface area contributed by atoms with Crippen LogP contribution in [-0.2, 0) is 19.4 Å². The van der Waals surface area contributed by atoms with Crippen molar-refractivity contribution in [1.29, 1.82) is 0 Å². The number of aliphatic hydroxyl groups excluding tert-OH is 1. The zero-order valence-corrected chi connectivity index (χ0v) is 23.1. The van der Waals surface area contributed by atoms with Crippen LogP contribution in [0, 0.1) is 0 Å². The van der Waals surface area contributed by atoms with Gasteiger partial charge in [0.1, 0.15) is 5.70 Å². The van der Waals surface area contributed by atoms with Gasteiger partial charge in [-0.2, -0.15) is 0 Å². The molecule has 0 unspecified atom stereocenters. The average molecular weight is 540 g/mol. The molecule has 13 heteroatoms. The maximum absolute atomic E-state index is 13.3. The molecule has 0 atom stereocenters.